The molecule has 11 heteroatoms. The van der Waals surface area contributed by atoms with Crippen LogP contribution in [0.2, 0.25) is 0 Å². The Hall–Kier alpha value is -3.34. The summed E-state index contributed by atoms with van der Waals surface area (Å²) in [5.41, 5.74) is 0.689. The van der Waals surface area contributed by atoms with E-state index in [0.29, 0.717) is 17.5 Å². The lowest BCUT2D eigenvalue weighted by molar-refractivity contribution is -0.147. The average Bonchev–Trinajstić information content (AvgIpc) is 3.13. The van der Waals surface area contributed by atoms with Crippen molar-refractivity contribution < 1.29 is 37.4 Å². The third-order valence-corrected chi connectivity index (χ3v) is 5.33. The smallest absolute Gasteiger partial charge is 0.341 e. The first-order chi connectivity index (χ1) is 16.1. The minimum Gasteiger partial charge on any atom is -0.462 e. The van der Waals surface area contributed by atoms with Gasteiger partial charge in [0.25, 0.3) is 11.8 Å². The molecule has 0 atom stereocenters. The fourth-order valence-corrected chi connectivity index (χ4v) is 3.91. The lowest BCUT2D eigenvalue weighted by Crippen LogP contribution is -2.28. The van der Waals surface area contributed by atoms with E-state index in [-0.39, 0.29) is 36.6 Å². The summed E-state index contributed by atoms with van der Waals surface area (Å²) in [6.07, 6.45) is 0.358. The van der Waals surface area contributed by atoms with Gasteiger partial charge in [0.15, 0.2) is 6.61 Å². The summed E-state index contributed by atoms with van der Waals surface area (Å²) in [5.74, 6) is -4.33. The molecule has 8 nitrogen and oxygen atoms in total. The highest BCUT2D eigenvalue weighted by Crippen LogP contribution is 2.31. The molecule has 1 aromatic heterocycles. The Morgan fingerprint density at radius 3 is 2.50 bits per heavy atom. The van der Waals surface area contributed by atoms with Gasteiger partial charge in [-0.3, -0.25) is 14.4 Å². The van der Waals surface area contributed by atoms with E-state index in [9.17, 15) is 28.0 Å². The number of hydrogen-bond acceptors (Lipinski definition) is 7. The van der Waals surface area contributed by atoms with Crippen LogP contribution in [0.3, 0.4) is 0 Å². The van der Waals surface area contributed by atoms with E-state index in [0.717, 1.165) is 17.7 Å². The molecule has 0 aliphatic rings. The Labute approximate surface area is 199 Å². The SMILES string of the molecule is CCOC(=O)c1c(CC(C)C)csc1NC(=O)COC(=O)CCNC(=O)c1ccc(F)cc1F. The molecule has 2 aromatic rings. The third-order valence-electron chi connectivity index (χ3n) is 4.38. The summed E-state index contributed by atoms with van der Waals surface area (Å²) in [7, 11) is 0. The highest BCUT2D eigenvalue weighted by Gasteiger charge is 2.22. The van der Waals surface area contributed by atoms with Crippen LogP contribution in [0.1, 0.15) is 53.5 Å². The average molecular weight is 497 g/mol. The Bertz CT molecular complexity index is 1050. The summed E-state index contributed by atoms with van der Waals surface area (Å²) in [5, 5.41) is 6.97. The maximum absolute atomic E-state index is 13.6. The number of esters is 2. The number of halogens is 2. The summed E-state index contributed by atoms with van der Waals surface area (Å²) >= 11 is 1.18. The molecule has 2 amide bonds. The van der Waals surface area contributed by atoms with Crippen LogP contribution in [0.4, 0.5) is 13.8 Å². The summed E-state index contributed by atoms with van der Waals surface area (Å²) in [6, 6.07) is 2.51. The molecular formula is C23H26F2N2O6S. The highest BCUT2D eigenvalue weighted by atomic mass is 32.1. The number of carbonyl (C=O) groups is 4. The van der Waals surface area contributed by atoms with Gasteiger partial charge in [-0.1, -0.05) is 13.8 Å². The van der Waals surface area contributed by atoms with Gasteiger partial charge in [0.1, 0.15) is 16.6 Å². The van der Waals surface area contributed by atoms with E-state index in [1.54, 1.807) is 12.3 Å². The molecule has 2 rings (SSSR count). The minimum atomic E-state index is -1.02. The molecule has 184 valence electrons. The molecule has 0 fully saturated rings. The normalized spacial score (nSPS) is 10.6. The number of amides is 2. The molecule has 2 N–H and O–H groups in total. The van der Waals surface area contributed by atoms with E-state index < -0.39 is 42.0 Å². The molecule has 0 saturated heterocycles. The van der Waals surface area contributed by atoms with Crippen molar-refractivity contribution in [1.82, 2.24) is 5.32 Å². The Kier molecular flexibility index (Phi) is 10.1. The van der Waals surface area contributed by atoms with Crippen molar-refractivity contribution in [2.45, 2.75) is 33.6 Å². The molecule has 0 spiro atoms. The second-order valence-electron chi connectivity index (χ2n) is 7.62. The number of anilines is 1. The van der Waals surface area contributed by atoms with E-state index in [1.165, 1.54) is 11.3 Å². The molecule has 0 aliphatic carbocycles. The predicted octanol–water partition coefficient (Wildman–Crippen LogP) is 3.70. The molecule has 34 heavy (non-hydrogen) atoms. The second kappa shape index (κ2) is 12.8. The van der Waals surface area contributed by atoms with Gasteiger partial charge < -0.3 is 20.1 Å². The number of ether oxygens (including phenoxy) is 2. The molecule has 0 aliphatic heterocycles. The molecular weight excluding hydrogens is 470 g/mol. The van der Waals surface area contributed by atoms with Crippen LogP contribution < -0.4 is 10.6 Å². The second-order valence-corrected chi connectivity index (χ2v) is 8.50. The van der Waals surface area contributed by atoms with Crippen molar-refractivity contribution >= 4 is 40.1 Å². The van der Waals surface area contributed by atoms with Crippen LogP contribution >= 0.6 is 11.3 Å². The van der Waals surface area contributed by atoms with Gasteiger partial charge in [-0.25, -0.2) is 13.6 Å². The standard InChI is InChI=1S/C23H26F2N2O6S/c1-4-32-23(31)20-14(9-13(2)3)12-34-22(20)27-18(28)11-33-19(29)7-8-26-21(30)16-6-5-15(24)10-17(16)25/h5-6,10,12-13H,4,7-9,11H2,1-3H3,(H,26,30)(H,27,28). The summed E-state index contributed by atoms with van der Waals surface area (Å²) in [4.78, 5) is 48.4. The van der Waals surface area contributed by atoms with Crippen molar-refractivity contribution in [3.05, 3.63) is 51.9 Å². The monoisotopic (exact) mass is 496 g/mol. The van der Waals surface area contributed by atoms with Gasteiger partial charge in [-0.2, -0.15) is 0 Å². The topological polar surface area (TPSA) is 111 Å². The minimum absolute atomic E-state index is 0.174. The fourth-order valence-electron chi connectivity index (χ4n) is 2.93. The number of benzene rings is 1. The first-order valence-electron chi connectivity index (χ1n) is 10.6. The van der Waals surface area contributed by atoms with Crippen molar-refractivity contribution in [2.75, 3.05) is 25.1 Å². The zero-order chi connectivity index (χ0) is 25.3. The Morgan fingerprint density at radius 2 is 1.85 bits per heavy atom. The Balaban J connectivity index is 1.84. The first-order valence-corrected chi connectivity index (χ1v) is 11.5. The van der Waals surface area contributed by atoms with Crippen LogP contribution in [0.5, 0.6) is 0 Å². The van der Waals surface area contributed by atoms with Gasteiger partial charge in [0.2, 0.25) is 0 Å². The molecule has 0 saturated carbocycles. The fraction of sp³-hybridized carbons (Fsp3) is 0.391. The predicted molar refractivity (Wildman–Crippen MR) is 122 cm³/mol. The van der Waals surface area contributed by atoms with Crippen molar-refractivity contribution in [3.63, 3.8) is 0 Å². The van der Waals surface area contributed by atoms with E-state index in [4.69, 9.17) is 9.47 Å². The van der Waals surface area contributed by atoms with Gasteiger partial charge in [-0.15, -0.1) is 11.3 Å². The van der Waals surface area contributed by atoms with Gasteiger partial charge in [0, 0.05) is 12.6 Å². The molecule has 0 unspecified atom stereocenters. The molecule has 0 radical (unpaired) electrons. The van der Waals surface area contributed by atoms with Crippen LogP contribution in [0, 0.1) is 17.6 Å². The van der Waals surface area contributed by atoms with Crippen LogP contribution in [0.15, 0.2) is 23.6 Å². The third kappa shape index (κ3) is 7.91. The lowest BCUT2D eigenvalue weighted by Gasteiger charge is -2.10. The van der Waals surface area contributed by atoms with Crippen LogP contribution in [-0.4, -0.2) is 43.5 Å². The molecule has 0 bridgehead atoms. The number of hydrogen-bond donors (Lipinski definition) is 2. The molecule has 1 aromatic carbocycles. The molecule has 1 heterocycles. The largest absolute Gasteiger partial charge is 0.462 e. The maximum atomic E-state index is 13.6. The van der Waals surface area contributed by atoms with Crippen molar-refractivity contribution in [3.8, 4) is 0 Å². The lowest BCUT2D eigenvalue weighted by atomic mass is 10.0. The van der Waals surface area contributed by atoms with Crippen LogP contribution in [0.25, 0.3) is 0 Å². The number of rotatable bonds is 11. The van der Waals surface area contributed by atoms with Gasteiger partial charge in [0.05, 0.1) is 24.2 Å². The maximum Gasteiger partial charge on any atom is 0.341 e. The summed E-state index contributed by atoms with van der Waals surface area (Å²) < 4.78 is 36.5. The number of nitrogens with one attached hydrogen (secondary N) is 2. The van der Waals surface area contributed by atoms with E-state index >= 15 is 0 Å². The number of thiophene rings is 1. The summed E-state index contributed by atoms with van der Waals surface area (Å²) in [6.45, 7) is 5.10. The zero-order valence-corrected chi connectivity index (χ0v) is 19.9. The Morgan fingerprint density at radius 1 is 1.12 bits per heavy atom. The van der Waals surface area contributed by atoms with Crippen molar-refractivity contribution in [2.24, 2.45) is 5.92 Å². The number of carbonyl (C=O) groups excluding carboxylic acids is 4. The van der Waals surface area contributed by atoms with E-state index in [1.807, 2.05) is 13.8 Å². The van der Waals surface area contributed by atoms with E-state index in [2.05, 4.69) is 10.6 Å². The first kappa shape index (κ1) is 26.9. The quantitative estimate of drug-likeness (QED) is 0.459. The highest BCUT2D eigenvalue weighted by molar-refractivity contribution is 7.15. The zero-order valence-electron chi connectivity index (χ0n) is 19.0. The van der Waals surface area contributed by atoms with Gasteiger partial charge in [-0.05, 0) is 42.3 Å². The van der Waals surface area contributed by atoms with Gasteiger partial charge >= 0.3 is 11.9 Å². The van der Waals surface area contributed by atoms with Crippen LogP contribution in [-0.2, 0) is 25.5 Å². The van der Waals surface area contributed by atoms with Crippen molar-refractivity contribution in [1.29, 1.82) is 0 Å².